The summed E-state index contributed by atoms with van der Waals surface area (Å²) in [6.45, 7) is 2.46. The molecule has 1 N–H and O–H groups in total. The van der Waals surface area contributed by atoms with Gasteiger partial charge >= 0.3 is 5.97 Å². The highest BCUT2D eigenvalue weighted by molar-refractivity contribution is 6.01. The third-order valence-electron chi connectivity index (χ3n) is 4.40. The molecule has 0 fully saturated rings. The smallest absolute Gasteiger partial charge is 0.339 e. The van der Waals surface area contributed by atoms with E-state index in [1.165, 1.54) is 7.11 Å². The highest BCUT2D eigenvalue weighted by Crippen LogP contribution is 2.23. The number of nitrogens with zero attached hydrogens (tertiary/aromatic N) is 1. The summed E-state index contributed by atoms with van der Waals surface area (Å²) < 4.78 is 16.0. The second kappa shape index (κ2) is 11.3. The number of para-hydroxylation sites is 1. The summed E-state index contributed by atoms with van der Waals surface area (Å²) in [4.78, 5) is 28.5. The van der Waals surface area contributed by atoms with Gasteiger partial charge in [0.05, 0.1) is 24.8 Å². The summed E-state index contributed by atoms with van der Waals surface area (Å²) >= 11 is 0. The number of ether oxygens (including phenoxy) is 3. The Bertz CT molecular complexity index is 1080. The second-order valence-corrected chi connectivity index (χ2v) is 6.72. The zero-order chi connectivity index (χ0) is 22.8. The molecule has 0 radical (unpaired) electrons. The lowest BCUT2D eigenvalue weighted by Gasteiger charge is -2.10. The van der Waals surface area contributed by atoms with Gasteiger partial charge < -0.3 is 19.5 Å². The average molecular weight is 432 g/mol. The maximum Gasteiger partial charge on any atom is 0.339 e. The van der Waals surface area contributed by atoms with Gasteiger partial charge in [0.2, 0.25) is 11.8 Å². The first kappa shape index (κ1) is 22.6. The lowest BCUT2D eigenvalue weighted by Crippen LogP contribution is -2.17. The Kier molecular flexibility index (Phi) is 7.97. The number of hydrogen-bond donors (Lipinski definition) is 1. The number of hydrogen-bond acceptors (Lipinski definition) is 6. The number of methoxy groups -OCH3 is 1. The lowest BCUT2D eigenvalue weighted by atomic mass is 10.1. The van der Waals surface area contributed by atoms with Crippen LogP contribution < -0.4 is 14.8 Å². The number of allylic oxidation sites excluding steroid dienone is 1. The first-order valence-corrected chi connectivity index (χ1v) is 10.0. The zero-order valence-corrected chi connectivity index (χ0v) is 17.9. The Morgan fingerprint density at radius 3 is 2.44 bits per heavy atom. The Hall–Kier alpha value is -4.13. The highest BCUT2D eigenvalue weighted by Gasteiger charge is 2.13. The summed E-state index contributed by atoms with van der Waals surface area (Å²) in [6, 6.07) is 17.4. The van der Waals surface area contributed by atoms with E-state index in [9.17, 15) is 9.59 Å². The van der Waals surface area contributed by atoms with E-state index < -0.39 is 5.97 Å². The number of esters is 1. The summed E-state index contributed by atoms with van der Waals surface area (Å²) in [5.41, 5.74) is 1.40. The summed E-state index contributed by atoms with van der Waals surface area (Å²) in [5, 5.41) is 2.74. The average Bonchev–Trinajstić information content (AvgIpc) is 2.81. The zero-order valence-electron chi connectivity index (χ0n) is 17.9. The predicted octanol–water partition coefficient (Wildman–Crippen LogP) is 4.80. The molecule has 32 heavy (non-hydrogen) atoms. The number of benzene rings is 2. The van der Waals surface area contributed by atoms with Crippen molar-refractivity contribution in [2.45, 2.75) is 13.3 Å². The van der Waals surface area contributed by atoms with Gasteiger partial charge in [0.1, 0.15) is 18.1 Å². The summed E-state index contributed by atoms with van der Waals surface area (Å²) in [7, 11) is 1.30. The van der Waals surface area contributed by atoms with Crippen LogP contribution in [0.1, 0.15) is 22.8 Å². The number of nitrogens with one attached hydrogen (secondary N) is 1. The van der Waals surface area contributed by atoms with Crippen molar-refractivity contribution in [2.24, 2.45) is 0 Å². The van der Waals surface area contributed by atoms with Gasteiger partial charge in [-0.3, -0.25) is 4.79 Å². The standard InChI is InChI=1S/C25H24N2O5/c1-3-4-15-31-19-10-12-20(13-11-19)32-24-14-9-18(17-26-24)16-23(28)27-22-8-6-5-7-21(22)25(29)30-2/h3-14,17H,15-16H2,1-2H3,(H,27,28). The minimum atomic E-state index is -0.513. The van der Waals surface area contributed by atoms with E-state index in [4.69, 9.17) is 14.2 Å². The van der Waals surface area contributed by atoms with Gasteiger partial charge in [-0.1, -0.05) is 30.4 Å². The molecule has 0 unspecified atom stereocenters. The Balaban J connectivity index is 1.56. The van der Waals surface area contributed by atoms with Crippen LogP contribution >= 0.6 is 0 Å². The molecule has 0 aliphatic heterocycles. The van der Waals surface area contributed by atoms with Gasteiger partial charge in [0, 0.05) is 12.3 Å². The van der Waals surface area contributed by atoms with Crippen LogP contribution in [-0.4, -0.2) is 30.6 Å². The van der Waals surface area contributed by atoms with Crippen molar-refractivity contribution in [2.75, 3.05) is 19.0 Å². The normalized spacial score (nSPS) is 10.6. The molecule has 7 nitrogen and oxygen atoms in total. The Labute approximate surface area is 186 Å². The molecule has 0 saturated carbocycles. The van der Waals surface area contributed by atoms with Crippen LogP contribution in [0.15, 0.2) is 79.0 Å². The summed E-state index contributed by atoms with van der Waals surface area (Å²) in [6.07, 6.45) is 5.53. The molecular formula is C25H24N2O5. The minimum absolute atomic E-state index is 0.0982. The second-order valence-electron chi connectivity index (χ2n) is 6.72. The fraction of sp³-hybridized carbons (Fsp3) is 0.160. The topological polar surface area (TPSA) is 86.8 Å². The van der Waals surface area contributed by atoms with Crippen LogP contribution in [-0.2, 0) is 16.0 Å². The molecule has 7 heteroatoms. The van der Waals surface area contributed by atoms with E-state index in [-0.39, 0.29) is 12.3 Å². The number of carbonyl (C=O) groups is 2. The van der Waals surface area contributed by atoms with Crippen molar-refractivity contribution in [1.82, 2.24) is 4.98 Å². The van der Waals surface area contributed by atoms with Crippen LogP contribution in [0.4, 0.5) is 5.69 Å². The van der Waals surface area contributed by atoms with E-state index in [1.807, 2.05) is 31.2 Å². The van der Waals surface area contributed by atoms with Gasteiger partial charge in [0.25, 0.3) is 0 Å². The van der Waals surface area contributed by atoms with E-state index in [2.05, 4.69) is 10.3 Å². The van der Waals surface area contributed by atoms with E-state index in [0.29, 0.717) is 35.1 Å². The third kappa shape index (κ3) is 6.43. The molecule has 0 atom stereocenters. The Morgan fingerprint density at radius 2 is 1.75 bits per heavy atom. The van der Waals surface area contributed by atoms with Crippen molar-refractivity contribution in [3.8, 4) is 17.4 Å². The molecular weight excluding hydrogens is 408 g/mol. The molecule has 3 aromatic rings. The van der Waals surface area contributed by atoms with Crippen LogP contribution in [0, 0.1) is 0 Å². The van der Waals surface area contributed by atoms with Crippen LogP contribution in [0.2, 0.25) is 0 Å². The molecule has 0 bridgehead atoms. The molecule has 0 spiro atoms. The molecule has 1 heterocycles. The lowest BCUT2D eigenvalue weighted by molar-refractivity contribution is -0.115. The molecule has 1 aromatic heterocycles. The third-order valence-corrected chi connectivity index (χ3v) is 4.40. The van der Waals surface area contributed by atoms with Crippen LogP contribution in [0.3, 0.4) is 0 Å². The maximum absolute atomic E-state index is 12.4. The van der Waals surface area contributed by atoms with Crippen molar-refractivity contribution in [3.05, 3.63) is 90.1 Å². The van der Waals surface area contributed by atoms with Crippen molar-refractivity contribution < 1.29 is 23.8 Å². The minimum Gasteiger partial charge on any atom is -0.490 e. The first-order chi connectivity index (χ1) is 15.6. The maximum atomic E-state index is 12.4. The molecule has 0 saturated heterocycles. The fourth-order valence-electron chi connectivity index (χ4n) is 2.80. The van der Waals surface area contributed by atoms with Gasteiger partial charge in [-0.2, -0.15) is 0 Å². The number of anilines is 1. The van der Waals surface area contributed by atoms with E-state index >= 15 is 0 Å². The van der Waals surface area contributed by atoms with Gasteiger partial charge in [-0.15, -0.1) is 0 Å². The van der Waals surface area contributed by atoms with Gasteiger partial charge in [0.15, 0.2) is 0 Å². The Morgan fingerprint density at radius 1 is 1.00 bits per heavy atom. The number of amides is 1. The van der Waals surface area contributed by atoms with E-state index in [0.717, 1.165) is 5.75 Å². The molecule has 164 valence electrons. The largest absolute Gasteiger partial charge is 0.490 e. The first-order valence-electron chi connectivity index (χ1n) is 10.0. The number of pyridine rings is 1. The molecule has 0 aliphatic carbocycles. The molecule has 3 rings (SSSR count). The SMILES string of the molecule is CC=CCOc1ccc(Oc2ccc(CC(=O)Nc3ccccc3C(=O)OC)cn2)cc1. The van der Waals surface area contributed by atoms with Crippen molar-refractivity contribution >= 4 is 17.6 Å². The van der Waals surface area contributed by atoms with Crippen molar-refractivity contribution in [1.29, 1.82) is 0 Å². The highest BCUT2D eigenvalue weighted by atomic mass is 16.5. The number of rotatable bonds is 9. The molecule has 0 aliphatic rings. The molecule has 2 aromatic carbocycles. The van der Waals surface area contributed by atoms with Crippen molar-refractivity contribution in [3.63, 3.8) is 0 Å². The fourth-order valence-corrected chi connectivity index (χ4v) is 2.80. The number of carbonyl (C=O) groups excluding carboxylic acids is 2. The van der Waals surface area contributed by atoms with E-state index in [1.54, 1.807) is 54.7 Å². The van der Waals surface area contributed by atoms with Crippen LogP contribution in [0.25, 0.3) is 0 Å². The monoisotopic (exact) mass is 432 g/mol. The predicted molar refractivity (Wildman–Crippen MR) is 121 cm³/mol. The van der Waals surface area contributed by atoms with Gasteiger partial charge in [-0.05, 0) is 48.9 Å². The van der Waals surface area contributed by atoms with Crippen LogP contribution in [0.5, 0.6) is 17.4 Å². The molecule has 1 amide bonds. The van der Waals surface area contributed by atoms with Gasteiger partial charge in [-0.25, -0.2) is 9.78 Å². The summed E-state index contributed by atoms with van der Waals surface area (Å²) in [5.74, 6) is 0.999. The number of aromatic nitrogens is 1. The quantitative estimate of drug-likeness (QED) is 0.386.